The number of esters is 1. The molecule has 0 amide bonds. The van der Waals surface area contributed by atoms with Crippen molar-refractivity contribution in [2.24, 2.45) is 5.41 Å². The summed E-state index contributed by atoms with van der Waals surface area (Å²) in [6.07, 6.45) is -8.49. The summed E-state index contributed by atoms with van der Waals surface area (Å²) in [7, 11) is 4.25. The molecule has 68 heavy (non-hydrogen) atoms. The molecule has 2 heterocycles. The molecule has 2 aliphatic heterocycles. The minimum Gasteiger partial charge on any atom is -0.454 e. The van der Waals surface area contributed by atoms with Gasteiger partial charge in [-0.05, 0) is 48.6 Å². The van der Waals surface area contributed by atoms with E-state index in [1.807, 2.05) is 158 Å². The van der Waals surface area contributed by atoms with Gasteiger partial charge in [-0.15, -0.1) is 9.12 Å². The maximum Gasteiger partial charge on any atom is 0.312 e. The normalized spacial score (nSPS) is 25.1. The third-order valence-corrected chi connectivity index (χ3v) is 11.8. The molecule has 362 valence electrons. The Balaban J connectivity index is 1.24. The van der Waals surface area contributed by atoms with E-state index in [0.717, 1.165) is 27.8 Å². The molecule has 0 aliphatic carbocycles. The van der Waals surface area contributed by atoms with Crippen molar-refractivity contribution in [3.63, 3.8) is 0 Å². The van der Waals surface area contributed by atoms with E-state index in [1.165, 1.54) is 0 Å². The number of methoxy groups -OCH3 is 1. The van der Waals surface area contributed by atoms with Gasteiger partial charge in [0.05, 0.1) is 51.7 Å². The zero-order valence-electron chi connectivity index (χ0n) is 39.7. The van der Waals surface area contributed by atoms with E-state index >= 15 is 0 Å². The Morgan fingerprint density at radius 1 is 0.500 bits per heavy atom. The third-order valence-electron chi connectivity index (χ3n) is 11.6. The number of ether oxygens (including phenoxy) is 10. The maximum absolute atomic E-state index is 14.1. The van der Waals surface area contributed by atoms with Gasteiger partial charge in [-0.1, -0.05) is 158 Å². The first-order chi connectivity index (χ1) is 33.1. The van der Waals surface area contributed by atoms with Gasteiger partial charge >= 0.3 is 12.6 Å². The van der Waals surface area contributed by atoms with E-state index in [9.17, 15) is 4.79 Å². The summed E-state index contributed by atoms with van der Waals surface area (Å²) in [6.45, 7) is 8.35. The van der Waals surface area contributed by atoms with Gasteiger partial charge in [0.1, 0.15) is 42.7 Å². The fourth-order valence-corrected chi connectivity index (χ4v) is 8.25. The smallest absolute Gasteiger partial charge is 0.312 e. The van der Waals surface area contributed by atoms with Crippen LogP contribution >= 0.6 is 9.12 Å². The average molecular weight is 949 g/mol. The van der Waals surface area contributed by atoms with Gasteiger partial charge in [0.25, 0.3) is 0 Å². The molecule has 0 bridgehead atoms. The predicted octanol–water partition coefficient (Wildman–Crippen LogP) is 8.99. The molecule has 2 fully saturated rings. The second kappa shape index (κ2) is 26.0. The van der Waals surface area contributed by atoms with Gasteiger partial charge in [0.2, 0.25) is 0 Å². The van der Waals surface area contributed by atoms with E-state index in [1.54, 1.807) is 27.9 Å². The summed E-state index contributed by atoms with van der Waals surface area (Å²) in [5.74, 6) is -0.466. The van der Waals surface area contributed by atoms with Gasteiger partial charge in [-0.3, -0.25) is 4.79 Å². The Morgan fingerprint density at radius 2 is 0.868 bits per heavy atom. The molecule has 7 rings (SSSR count). The Kier molecular flexibility index (Phi) is 19.7. The predicted molar refractivity (Wildman–Crippen MR) is 262 cm³/mol. The lowest BCUT2D eigenvalue weighted by Gasteiger charge is -2.48. The number of carbonyl (C=O) groups is 1. The van der Waals surface area contributed by atoms with Gasteiger partial charge in [0.15, 0.2) is 18.7 Å². The second-order valence-corrected chi connectivity index (χ2v) is 19.1. The lowest BCUT2D eigenvalue weighted by molar-refractivity contribution is -0.342. The molecule has 11 atom stereocenters. The van der Waals surface area contributed by atoms with Crippen LogP contribution in [-0.2, 0) is 89.9 Å². The number of hydrogen-bond acceptors (Lipinski definition) is 12. The zero-order valence-corrected chi connectivity index (χ0v) is 40.9. The molecule has 5 aromatic rings. The highest BCUT2D eigenvalue weighted by Crippen LogP contribution is 2.35. The van der Waals surface area contributed by atoms with Crippen LogP contribution < -0.4 is 0 Å². The van der Waals surface area contributed by atoms with Crippen molar-refractivity contribution >= 4 is 21.7 Å². The third kappa shape index (κ3) is 15.1. The molecule has 2 aliphatic rings. The molecule has 0 saturated carbocycles. The van der Waals surface area contributed by atoms with Crippen molar-refractivity contribution in [1.29, 1.82) is 0 Å². The van der Waals surface area contributed by atoms with Crippen LogP contribution in [0.3, 0.4) is 0 Å². The van der Waals surface area contributed by atoms with Crippen LogP contribution in [0.1, 0.15) is 48.6 Å². The Hall–Kier alpha value is -4.34. The number of benzene rings is 5. The highest BCUT2D eigenvalue weighted by Gasteiger charge is 2.53. The lowest BCUT2D eigenvalue weighted by Crippen LogP contribution is -2.64. The van der Waals surface area contributed by atoms with Gasteiger partial charge in [-0.25, -0.2) is 0 Å². The van der Waals surface area contributed by atoms with E-state index in [4.69, 9.17) is 52.0 Å². The van der Waals surface area contributed by atoms with Crippen LogP contribution in [0.25, 0.3) is 0 Å². The molecule has 0 aromatic heterocycles. The summed E-state index contributed by atoms with van der Waals surface area (Å²) >= 11 is 0. The summed E-state index contributed by atoms with van der Waals surface area (Å²) in [5, 5.41) is 0. The van der Waals surface area contributed by atoms with Crippen LogP contribution in [0.4, 0.5) is 0 Å². The van der Waals surface area contributed by atoms with E-state index in [-0.39, 0.29) is 46.3 Å². The standard InChI is InChI=1S/C54H66BO12P/c1-54(2,3)53(56)66-49-47(61-34-41-27-17-9-18-28-41)45(59-32-39-23-13-7-14-24-39)43(36-58-31-38-21-11-6-12-22-38)65-52(49)63-37-44-46(60-33-40-25-15-8-16-26-40)48(62-35-42-29-19-10-20-30-42)50(67-55(4)68)51(57-5)64-44/h6-30,43-52H,31-37,68H2,1-5H3/t43?,44?,45-,46-,47-,48-,49?,50?,51+,52+/m0/s1. The van der Waals surface area contributed by atoms with Crippen LogP contribution in [0.5, 0.6) is 0 Å². The Labute approximate surface area is 404 Å². The zero-order chi connectivity index (χ0) is 47.7. The summed E-state index contributed by atoms with van der Waals surface area (Å²) in [4.78, 5) is 14.1. The molecule has 12 nitrogen and oxygen atoms in total. The fraction of sp³-hybridized carbons (Fsp3) is 0.426. The van der Waals surface area contributed by atoms with Crippen molar-refractivity contribution in [3.05, 3.63) is 179 Å². The molecule has 14 heteroatoms. The maximum atomic E-state index is 14.1. The minimum absolute atomic E-state index is 0.0968. The molecule has 0 radical (unpaired) electrons. The van der Waals surface area contributed by atoms with Gasteiger partial charge < -0.3 is 52.0 Å². The molecular weight excluding hydrogens is 882 g/mol. The lowest BCUT2D eigenvalue weighted by atomic mass is 9.94. The number of rotatable bonds is 23. The SMILES string of the molecule is CO[C@@H]1OC(CO[C@@H]2OC(COCc3ccccc3)[C@H](OCc3ccccc3)[C@H](OCc3ccccc3)C2OC(=O)C(C)(C)C)[C@H](OCc2ccccc2)[C@H](OCc2ccccc2)C1OB(C)P. The Bertz CT molecular complexity index is 2190. The largest absolute Gasteiger partial charge is 0.454 e. The minimum atomic E-state index is -1.19. The average Bonchev–Trinajstić information content (AvgIpc) is 3.35. The number of carbonyl (C=O) groups excluding carboxylic acids is 1. The van der Waals surface area contributed by atoms with Crippen LogP contribution in [0.15, 0.2) is 152 Å². The number of hydrogen-bond donors (Lipinski definition) is 0. The van der Waals surface area contributed by atoms with Crippen molar-refractivity contribution in [2.75, 3.05) is 20.3 Å². The highest BCUT2D eigenvalue weighted by molar-refractivity contribution is 7.60. The highest BCUT2D eigenvalue weighted by atomic mass is 31.0. The van der Waals surface area contributed by atoms with Crippen molar-refractivity contribution in [1.82, 2.24) is 0 Å². The molecule has 0 spiro atoms. The molecule has 5 unspecified atom stereocenters. The Morgan fingerprint density at radius 3 is 1.26 bits per heavy atom. The van der Waals surface area contributed by atoms with Crippen LogP contribution in [-0.4, -0.2) is 94.3 Å². The quantitative estimate of drug-likeness (QED) is 0.0354. The van der Waals surface area contributed by atoms with Gasteiger partial charge in [0, 0.05) is 7.11 Å². The van der Waals surface area contributed by atoms with Crippen molar-refractivity contribution in [2.45, 2.75) is 122 Å². The first kappa shape index (κ1) is 51.5. The summed E-state index contributed by atoms with van der Waals surface area (Å²) in [6, 6.07) is 49.4. The summed E-state index contributed by atoms with van der Waals surface area (Å²) in [5.41, 5.74) is 3.93. The topological polar surface area (TPSA) is 119 Å². The molecule has 5 aromatic carbocycles. The first-order valence-electron chi connectivity index (χ1n) is 23.4. The van der Waals surface area contributed by atoms with Crippen LogP contribution in [0, 0.1) is 5.41 Å². The second-order valence-electron chi connectivity index (χ2n) is 18.1. The van der Waals surface area contributed by atoms with E-state index in [2.05, 4.69) is 9.12 Å². The summed E-state index contributed by atoms with van der Waals surface area (Å²) < 4.78 is 73.2. The molecule has 0 N–H and O–H groups in total. The first-order valence-corrected chi connectivity index (χ1v) is 24.0. The van der Waals surface area contributed by atoms with Gasteiger partial charge in [-0.2, -0.15) is 0 Å². The van der Waals surface area contributed by atoms with Crippen LogP contribution in [0.2, 0.25) is 6.82 Å². The van der Waals surface area contributed by atoms with E-state index in [0.29, 0.717) is 6.61 Å². The molecule has 2 saturated heterocycles. The van der Waals surface area contributed by atoms with Crippen molar-refractivity contribution in [3.8, 4) is 0 Å². The fourth-order valence-electron chi connectivity index (χ4n) is 8.07. The monoisotopic (exact) mass is 948 g/mol. The molecular formula is C54H66BO12P. The van der Waals surface area contributed by atoms with E-state index < -0.39 is 72.8 Å². The van der Waals surface area contributed by atoms with Crippen molar-refractivity contribution < 1.29 is 56.8 Å².